The number of allylic oxidation sites excluding steroid dienone is 1. The first-order valence-electron chi connectivity index (χ1n) is 8.41. The summed E-state index contributed by atoms with van der Waals surface area (Å²) in [5, 5.41) is 10.8. The van der Waals surface area contributed by atoms with Crippen molar-refractivity contribution in [2.45, 2.75) is 13.5 Å². The Bertz CT molecular complexity index is 1000. The molecular formula is C23H17Cl2NO. The third-order valence-corrected chi connectivity index (χ3v) is 4.55. The third kappa shape index (κ3) is 5.14. The lowest BCUT2D eigenvalue weighted by Gasteiger charge is -2.11. The van der Waals surface area contributed by atoms with E-state index in [2.05, 4.69) is 18.2 Å². The van der Waals surface area contributed by atoms with Crippen molar-refractivity contribution in [2.24, 2.45) is 0 Å². The number of halogens is 2. The molecule has 0 unspecified atom stereocenters. The molecule has 4 heteroatoms. The van der Waals surface area contributed by atoms with Crippen LogP contribution in [0.15, 0.2) is 66.7 Å². The van der Waals surface area contributed by atoms with Gasteiger partial charge in [-0.15, -0.1) is 0 Å². The number of nitriles is 1. The molecule has 0 bridgehead atoms. The number of nitrogens with zero attached hydrogens (tertiary/aromatic N) is 1. The van der Waals surface area contributed by atoms with Crippen molar-refractivity contribution in [3.05, 3.63) is 99.0 Å². The molecule has 0 spiro atoms. The Kier molecular flexibility index (Phi) is 6.19. The Balaban J connectivity index is 1.89. The molecule has 0 radical (unpaired) electrons. The van der Waals surface area contributed by atoms with Crippen LogP contribution in [0.2, 0.25) is 10.0 Å². The van der Waals surface area contributed by atoms with Gasteiger partial charge in [0.1, 0.15) is 12.4 Å². The molecule has 0 fully saturated rings. The first-order chi connectivity index (χ1) is 13.0. The van der Waals surface area contributed by atoms with Gasteiger partial charge in [0.2, 0.25) is 0 Å². The molecule has 27 heavy (non-hydrogen) atoms. The summed E-state index contributed by atoms with van der Waals surface area (Å²) in [6.45, 7) is 2.48. The highest BCUT2D eigenvalue weighted by Crippen LogP contribution is 2.28. The minimum atomic E-state index is 0.436. The third-order valence-electron chi connectivity index (χ3n) is 4.06. The maximum atomic E-state index is 9.58. The van der Waals surface area contributed by atoms with E-state index in [4.69, 9.17) is 27.9 Å². The van der Waals surface area contributed by atoms with E-state index in [0.29, 0.717) is 28.0 Å². The first kappa shape index (κ1) is 19.0. The van der Waals surface area contributed by atoms with Gasteiger partial charge in [-0.25, -0.2) is 0 Å². The summed E-state index contributed by atoms with van der Waals surface area (Å²) in [5.74, 6) is 0.668. The Hall–Kier alpha value is -2.73. The standard InChI is InChI=1S/C23H17Cl2NO/c1-16-2-4-17(5-3-16)15-27-23-11-10-22(25)13-19(23)12-20(14-26)18-6-8-21(24)9-7-18/h2-13H,15H2,1H3/b20-12+. The van der Waals surface area contributed by atoms with Gasteiger partial charge in [-0.05, 0) is 54.5 Å². The minimum Gasteiger partial charge on any atom is -0.488 e. The lowest BCUT2D eigenvalue weighted by atomic mass is 10.0. The van der Waals surface area contributed by atoms with Crippen molar-refractivity contribution in [1.82, 2.24) is 0 Å². The van der Waals surface area contributed by atoms with E-state index in [1.807, 2.05) is 37.3 Å². The fourth-order valence-corrected chi connectivity index (χ4v) is 2.88. The summed E-state index contributed by atoms with van der Waals surface area (Å²) >= 11 is 12.1. The van der Waals surface area contributed by atoms with Gasteiger partial charge in [0.25, 0.3) is 0 Å². The molecule has 0 heterocycles. The number of ether oxygens (including phenoxy) is 1. The van der Waals surface area contributed by atoms with Gasteiger partial charge in [0.15, 0.2) is 0 Å². The number of hydrogen-bond acceptors (Lipinski definition) is 2. The summed E-state index contributed by atoms with van der Waals surface area (Å²) < 4.78 is 5.98. The molecule has 0 aliphatic carbocycles. The quantitative estimate of drug-likeness (QED) is 0.347. The normalized spacial score (nSPS) is 11.1. The molecule has 0 aromatic heterocycles. The number of benzene rings is 3. The van der Waals surface area contributed by atoms with Crippen LogP contribution in [0.5, 0.6) is 5.75 Å². The fourth-order valence-electron chi connectivity index (χ4n) is 2.57. The van der Waals surface area contributed by atoms with Crippen LogP contribution in [0.4, 0.5) is 0 Å². The van der Waals surface area contributed by atoms with Crippen LogP contribution in [0, 0.1) is 18.3 Å². The van der Waals surface area contributed by atoms with Crippen molar-refractivity contribution < 1.29 is 4.74 Å². The lowest BCUT2D eigenvalue weighted by molar-refractivity contribution is 0.305. The van der Waals surface area contributed by atoms with Crippen molar-refractivity contribution in [3.63, 3.8) is 0 Å². The zero-order chi connectivity index (χ0) is 19.2. The average molecular weight is 394 g/mol. The summed E-state index contributed by atoms with van der Waals surface area (Å²) in [7, 11) is 0. The SMILES string of the molecule is Cc1ccc(COc2ccc(Cl)cc2/C=C(\C#N)c2ccc(Cl)cc2)cc1. The van der Waals surface area contributed by atoms with Crippen LogP contribution < -0.4 is 4.74 Å². The van der Waals surface area contributed by atoms with Crippen LogP contribution in [0.25, 0.3) is 11.6 Å². The molecule has 0 N–H and O–H groups in total. The summed E-state index contributed by atoms with van der Waals surface area (Å²) in [4.78, 5) is 0. The van der Waals surface area contributed by atoms with Gasteiger partial charge >= 0.3 is 0 Å². The minimum absolute atomic E-state index is 0.436. The van der Waals surface area contributed by atoms with Gasteiger partial charge in [0.05, 0.1) is 11.6 Å². The maximum Gasteiger partial charge on any atom is 0.127 e. The van der Waals surface area contributed by atoms with E-state index in [1.54, 1.807) is 30.3 Å². The number of rotatable bonds is 5. The van der Waals surface area contributed by atoms with Crippen LogP contribution in [0.1, 0.15) is 22.3 Å². The largest absolute Gasteiger partial charge is 0.488 e. The van der Waals surface area contributed by atoms with Crippen LogP contribution >= 0.6 is 23.2 Å². The molecule has 3 aromatic rings. The van der Waals surface area contributed by atoms with Gasteiger partial charge in [0, 0.05) is 15.6 Å². The Morgan fingerprint density at radius 3 is 2.30 bits per heavy atom. The molecule has 2 nitrogen and oxygen atoms in total. The van der Waals surface area contributed by atoms with Crippen LogP contribution in [-0.2, 0) is 6.61 Å². The second kappa shape index (κ2) is 8.77. The summed E-state index contributed by atoms with van der Waals surface area (Å²) in [6, 6.07) is 22.9. The van der Waals surface area contributed by atoms with Gasteiger partial charge < -0.3 is 4.74 Å². The highest BCUT2D eigenvalue weighted by molar-refractivity contribution is 6.31. The molecule has 3 aromatic carbocycles. The molecule has 134 valence electrons. The molecule has 0 saturated heterocycles. The van der Waals surface area contributed by atoms with E-state index < -0.39 is 0 Å². The molecule has 0 atom stereocenters. The zero-order valence-electron chi connectivity index (χ0n) is 14.7. The summed E-state index contributed by atoms with van der Waals surface area (Å²) in [6.07, 6.45) is 1.78. The average Bonchev–Trinajstić information content (AvgIpc) is 2.67. The first-order valence-corrected chi connectivity index (χ1v) is 9.16. The Labute approximate surface area is 169 Å². The Morgan fingerprint density at radius 2 is 1.63 bits per heavy atom. The van der Waals surface area contributed by atoms with Crippen molar-refractivity contribution in [3.8, 4) is 11.8 Å². The molecule has 0 amide bonds. The van der Waals surface area contributed by atoms with Crippen molar-refractivity contribution in [1.29, 1.82) is 5.26 Å². The van der Waals surface area contributed by atoms with E-state index in [9.17, 15) is 5.26 Å². The maximum absolute atomic E-state index is 9.58. The highest BCUT2D eigenvalue weighted by Gasteiger charge is 2.07. The van der Waals surface area contributed by atoms with Crippen molar-refractivity contribution in [2.75, 3.05) is 0 Å². The molecule has 3 rings (SSSR count). The Morgan fingerprint density at radius 1 is 0.963 bits per heavy atom. The smallest absolute Gasteiger partial charge is 0.127 e. The van der Waals surface area contributed by atoms with Gasteiger partial charge in [-0.2, -0.15) is 5.26 Å². The molecular weight excluding hydrogens is 377 g/mol. The second-order valence-electron chi connectivity index (χ2n) is 6.13. The van der Waals surface area contributed by atoms with E-state index in [0.717, 1.165) is 16.7 Å². The molecule has 0 saturated carbocycles. The second-order valence-corrected chi connectivity index (χ2v) is 7.01. The highest BCUT2D eigenvalue weighted by atomic mass is 35.5. The van der Waals surface area contributed by atoms with Crippen molar-refractivity contribution >= 4 is 34.9 Å². The summed E-state index contributed by atoms with van der Waals surface area (Å²) in [5.41, 5.74) is 4.32. The van der Waals surface area contributed by atoms with Crippen LogP contribution in [-0.4, -0.2) is 0 Å². The van der Waals surface area contributed by atoms with Crippen LogP contribution in [0.3, 0.4) is 0 Å². The van der Waals surface area contributed by atoms with E-state index in [1.165, 1.54) is 5.56 Å². The predicted octanol–water partition coefficient (Wildman–Crippen LogP) is 6.95. The monoisotopic (exact) mass is 393 g/mol. The van der Waals surface area contributed by atoms with E-state index >= 15 is 0 Å². The van der Waals surface area contributed by atoms with Gasteiger partial charge in [-0.1, -0.05) is 65.2 Å². The predicted molar refractivity (Wildman–Crippen MR) is 112 cm³/mol. The van der Waals surface area contributed by atoms with E-state index in [-0.39, 0.29) is 0 Å². The van der Waals surface area contributed by atoms with Gasteiger partial charge in [-0.3, -0.25) is 0 Å². The molecule has 0 aliphatic rings. The number of hydrogen-bond donors (Lipinski definition) is 0. The topological polar surface area (TPSA) is 33.0 Å². The lowest BCUT2D eigenvalue weighted by Crippen LogP contribution is -1.97. The zero-order valence-corrected chi connectivity index (χ0v) is 16.3. The fraction of sp³-hybridized carbons (Fsp3) is 0.0870. The number of aryl methyl sites for hydroxylation is 1. The molecule has 0 aliphatic heterocycles.